The maximum absolute atomic E-state index is 12.4. The van der Waals surface area contributed by atoms with Crippen LogP contribution in [-0.4, -0.2) is 40.0 Å². The lowest BCUT2D eigenvalue weighted by molar-refractivity contribution is 0.0754. The average molecular weight is 264 g/mol. The fourth-order valence-electron chi connectivity index (χ4n) is 2.68. The number of nitrogens with zero attached hydrogens (tertiary/aromatic N) is 3. The van der Waals surface area contributed by atoms with Crippen LogP contribution in [0.3, 0.4) is 0 Å². The van der Waals surface area contributed by atoms with Crippen LogP contribution in [0.4, 0.5) is 0 Å². The van der Waals surface area contributed by atoms with Crippen LogP contribution in [0.25, 0.3) is 0 Å². The predicted octanol–water partition coefficient (Wildman–Crippen LogP) is 1.49. The zero-order valence-electron chi connectivity index (χ0n) is 11.7. The van der Waals surface area contributed by atoms with Crippen LogP contribution in [0.15, 0.2) is 12.5 Å². The minimum atomic E-state index is 0.0625. The Hall–Kier alpha value is -1.36. The first kappa shape index (κ1) is 14.1. The average Bonchev–Trinajstić information content (AvgIpc) is 2.75. The van der Waals surface area contributed by atoms with E-state index < -0.39 is 0 Å². The van der Waals surface area contributed by atoms with Gasteiger partial charge in [0, 0.05) is 32.4 Å². The molecule has 0 spiro atoms. The van der Waals surface area contributed by atoms with Crippen molar-refractivity contribution in [3.63, 3.8) is 0 Å². The van der Waals surface area contributed by atoms with Gasteiger partial charge in [0.1, 0.15) is 5.69 Å². The molecule has 0 radical (unpaired) electrons. The topological polar surface area (TPSA) is 64.2 Å². The molecular formula is C14H24N4O. The first-order valence-corrected chi connectivity index (χ1v) is 7.25. The maximum atomic E-state index is 12.4. The summed E-state index contributed by atoms with van der Waals surface area (Å²) >= 11 is 0. The quantitative estimate of drug-likeness (QED) is 0.896. The molecule has 106 valence electrons. The number of amides is 1. The number of hydrogen-bond acceptors (Lipinski definition) is 3. The molecule has 1 aromatic rings. The number of rotatable bonds is 4. The molecular weight excluding hydrogens is 240 g/mol. The number of nitrogens with two attached hydrogens (primary N) is 1. The standard InChI is InChI=1S/C14H24N4O/c1-2-12-4-3-7-18(8-5-12)14(19)13-10-17(9-6-15)11-16-13/h10-12H,2-9,15H2,1H3. The molecule has 1 fully saturated rings. The zero-order chi connectivity index (χ0) is 13.7. The second-order valence-electron chi connectivity index (χ2n) is 5.28. The van der Waals surface area contributed by atoms with Crippen molar-refractivity contribution in [2.45, 2.75) is 39.2 Å². The highest BCUT2D eigenvalue weighted by molar-refractivity contribution is 5.92. The molecule has 1 atom stereocenters. The highest BCUT2D eigenvalue weighted by atomic mass is 16.2. The van der Waals surface area contributed by atoms with Gasteiger partial charge in [-0.25, -0.2) is 4.98 Å². The van der Waals surface area contributed by atoms with Crippen molar-refractivity contribution >= 4 is 5.91 Å². The Morgan fingerprint density at radius 1 is 1.47 bits per heavy atom. The molecule has 0 aliphatic carbocycles. The molecule has 1 aliphatic heterocycles. The Morgan fingerprint density at radius 2 is 2.32 bits per heavy atom. The van der Waals surface area contributed by atoms with E-state index in [-0.39, 0.29) is 5.91 Å². The van der Waals surface area contributed by atoms with Crippen LogP contribution in [0.2, 0.25) is 0 Å². The SMILES string of the molecule is CCC1CCCN(C(=O)c2cn(CCN)cn2)CC1. The monoisotopic (exact) mass is 264 g/mol. The molecule has 1 amide bonds. The van der Waals surface area contributed by atoms with Crippen LogP contribution < -0.4 is 5.73 Å². The first-order chi connectivity index (χ1) is 9.24. The van der Waals surface area contributed by atoms with Crippen molar-refractivity contribution in [2.75, 3.05) is 19.6 Å². The lowest BCUT2D eigenvalue weighted by Gasteiger charge is -2.19. The van der Waals surface area contributed by atoms with E-state index >= 15 is 0 Å². The highest BCUT2D eigenvalue weighted by Gasteiger charge is 2.22. The van der Waals surface area contributed by atoms with Crippen molar-refractivity contribution in [3.05, 3.63) is 18.2 Å². The van der Waals surface area contributed by atoms with Gasteiger partial charge in [-0.05, 0) is 25.2 Å². The van der Waals surface area contributed by atoms with E-state index in [1.807, 2.05) is 9.47 Å². The van der Waals surface area contributed by atoms with Crippen LogP contribution >= 0.6 is 0 Å². The van der Waals surface area contributed by atoms with Crippen LogP contribution in [0.5, 0.6) is 0 Å². The van der Waals surface area contributed by atoms with Gasteiger partial charge in [0.05, 0.1) is 6.33 Å². The fraction of sp³-hybridized carbons (Fsp3) is 0.714. The van der Waals surface area contributed by atoms with Gasteiger partial charge >= 0.3 is 0 Å². The summed E-state index contributed by atoms with van der Waals surface area (Å²) in [7, 11) is 0. The van der Waals surface area contributed by atoms with E-state index in [0.717, 1.165) is 31.8 Å². The van der Waals surface area contributed by atoms with Gasteiger partial charge in [-0.15, -0.1) is 0 Å². The van der Waals surface area contributed by atoms with Crippen molar-refractivity contribution < 1.29 is 4.79 Å². The molecule has 2 rings (SSSR count). The molecule has 5 nitrogen and oxygen atoms in total. The van der Waals surface area contributed by atoms with Crippen LogP contribution in [0.1, 0.15) is 43.1 Å². The number of carbonyl (C=O) groups excluding carboxylic acids is 1. The summed E-state index contributed by atoms with van der Waals surface area (Å²) in [5, 5.41) is 0. The number of hydrogen-bond donors (Lipinski definition) is 1. The van der Waals surface area contributed by atoms with Crippen molar-refractivity contribution in [2.24, 2.45) is 11.7 Å². The van der Waals surface area contributed by atoms with Gasteiger partial charge in [-0.3, -0.25) is 4.79 Å². The third-order valence-electron chi connectivity index (χ3n) is 3.95. The lowest BCUT2D eigenvalue weighted by Crippen LogP contribution is -2.32. The molecule has 1 unspecified atom stereocenters. The third kappa shape index (κ3) is 3.56. The Balaban J connectivity index is 1.98. The van der Waals surface area contributed by atoms with E-state index in [1.165, 1.54) is 12.8 Å². The summed E-state index contributed by atoms with van der Waals surface area (Å²) in [6.45, 7) is 5.22. The van der Waals surface area contributed by atoms with Crippen LogP contribution in [-0.2, 0) is 6.54 Å². The Bertz CT molecular complexity index is 415. The van der Waals surface area contributed by atoms with E-state index in [9.17, 15) is 4.79 Å². The molecule has 1 saturated heterocycles. The summed E-state index contributed by atoms with van der Waals surface area (Å²) in [5.74, 6) is 0.833. The van der Waals surface area contributed by atoms with E-state index in [0.29, 0.717) is 18.8 Å². The zero-order valence-corrected chi connectivity index (χ0v) is 11.7. The highest BCUT2D eigenvalue weighted by Crippen LogP contribution is 2.21. The third-order valence-corrected chi connectivity index (χ3v) is 3.95. The lowest BCUT2D eigenvalue weighted by atomic mass is 9.98. The normalized spacial score (nSPS) is 20.3. The van der Waals surface area contributed by atoms with Gasteiger partial charge in [-0.2, -0.15) is 0 Å². The molecule has 19 heavy (non-hydrogen) atoms. The summed E-state index contributed by atoms with van der Waals surface area (Å²) in [5.41, 5.74) is 6.04. The van der Waals surface area contributed by atoms with Gasteiger partial charge in [0.25, 0.3) is 5.91 Å². The summed E-state index contributed by atoms with van der Waals surface area (Å²) < 4.78 is 1.87. The molecule has 1 aliphatic rings. The number of likely N-dealkylation sites (tertiary alicyclic amines) is 1. The maximum Gasteiger partial charge on any atom is 0.274 e. The second-order valence-corrected chi connectivity index (χ2v) is 5.28. The van der Waals surface area contributed by atoms with Crippen molar-refractivity contribution in [1.82, 2.24) is 14.5 Å². The minimum absolute atomic E-state index is 0.0625. The Kier molecular flexibility index (Phi) is 4.96. The molecule has 1 aromatic heterocycles. The van der Waals surface area contributed by atoms with Gasteiger partial charge in [-0.1, -0.05) is 13.3 Å². The van der Waals surface area contributed by atoms with Crippen molar-refractivity contribution in [1.29, 1.82) is 0 Å². The number of aromatic nitrogens is 2. The van der Waals surface area contributed by atoms with Gasteiger partial charge < -0.3 is 15.2 Å². The number of imidazole rings is 1. The Labute approximate surface area is 114 Å². The van der Waals surface area contributed by atoms with Crippen LogP contribution in [0, 0.1) is 5.92 Å². The number of carbonyl (C=O) groups is 1. The molecule has 0 saturated carbocycles. The fourth-order valence-corrected chi connectivity index (χ4v) is 2.68. The van der Waals surface area contributed by atoms with E-state index in [4.69, 9.17) is 5.73 Å². The van der Waals surface area contributed by atoms with Crippen molar-refractivity contribution in [3.8, 4) is 0 Å². The Morgan fingerprint density at radius 3 is 3.05 bits per heavy atom. The first-order valence-electron chi connectivity index (χ1n) is 7.25. The van der Waals surface area contributed by atoms with Gasteiger partial charge in [0.15, 0.2) is 0 Å². The summed E-state index contributed by atoms with van der Waals surface area (Å²) in [6, 6.07) is 0. The smallest absolute Gasteiger partial charge is 0.274 e. The molecule has 0 aromatic carbocycles. The summed E-state index contributed by atoms with van der Waals surface area (Å²) in [4.78, 5) is 18.5. The predicted molar refractivity (Wildman–Crippen MR) is 74.8 cm³/mol. The molecule has 2 heterocycles. The largest absolute Gasteiger partial charge is 0.337 e. The van der Waals surface area contributed by atoms with E-state index in [1.54, 1.807) is 12.5 Å². The minimum Gasteiger partial charge on any atom is -0.337 e. The second kappa shape index (κ2) is 6.70. The molecule has 0 bridgehead atoms. The molecule has 2 N–H and O–H groups in total. The van der Waals surface area contributed by atoms with Gasteiger partial charge in [0.2, 0.25) is 0 Å². The molecule has 5 heteroatoms. The van der Waals surface area contributed by atoms with E-state index in [2.05, 4.69) is 11.9 Å². The summed E-state index contributed by atoms with van der Waals surface area (Å²) in [6.07, 6.45) is 8.17.